The molecule has 4 aromatic rings. The molecule has 0 bridgehead atoms. The fraction of sp³-hybridized carbons (Fsp3) is 0.0500. The molecule has 2 aromatic carbocycles. The standard InChI is InChI=1S/C20H13ClN2O4S/c1-26-12-6-7-14-16(8-12)28-19(17(14)21)20(25)23-22-9-11-10-27-15-5-3-2-4-13(15)18(11)24/h2-10H,1H3,(H,23,25). The molecule has 28 heavy (non-hydrogen) atoms. The highest BCUT2D eigenvalue weighted by molar-refractivity contribution is 7.21. The van der Waals surface area contributed by atoms with E-state index in [-0.39, 0.29) is 11.0 Å². The Balaban J connectivity index is 1.58. The molecule has 0 atom stereocenters. The Labute approximate surface area is 168 Å². The second-order valence-electron chi connectivity index (χ2n) is 5.82. The lowest BCUT2D eigenvalue weighted by atomic mass is 10.2. The van der Waals surface area contributed by atoms with E-state index in [4.69, 9.17) is 20.8 Å². The SMILES string of the molecule is COc1ccc2c(Cl)c(C(=O)NN=Cc3coc4ccccc4c3=O)sc2c1. The number of amides is 1. The number of halogens is 1. The summed E-state index contributed by atoms with van der Waals surface area (Å²) in [6.07, 6.45) is 2.56. The van der Waals surface area contributed by atoms with Gasteiger partial charge in [-0.2, -0.15) is 5.10 Å². The largest absolute Gasteiger partial charge is 0.497 e. The number of rotatable bonds is 4. The van der Waals surface area contributed by atoms with Gasteiger partial charge in [0.2, 0.25) is 5.43 Å². The Morgan fingerprint density at radius 1 is 1.25 bits per heavy atom. The van der Waals surface area contributed by atoms with Crippen molar-refractivity contribution in [3.63, 3.8) is 0 Å². The van der Waals surface area contributed by atoms with Crippen LogP contribution in [0, 0.1) is 0 Å². The van der Waals surface area contributed by atoms with Gasteiger partial charge in [-0.15, -0.1) is 11.3 Å². The van der Waals surface area contributed by atoms with Crippen LogP contribution in [0.1, 0.15) is 15.2 Å². The Kier molecular flexibility index (Phi) is 4.85. The molecule has 0 unspecified atom stereocenters. The molecule has 2 heterocycles. The zero-order valence-electron chi connectivity index (χ0n) is 14.6. The van der Waals surface area contributed by atoms with Gasteiger partial charge in [-0.05, 0) is 30.3 Å². The van der Waals surface area contributed by atoms with Crippen molar-refractivity contribution in [3.8, 4) is 5.75 Å². The molecule has 1 N–H and O–H groups in total. The van der Waals surface area contributed by atoms with Gasteiger partial charge in [0.25, 0.3) is 5.91 Å². The number of hydrogen-bond acceptors (Lipinski definition) is 6. The summed E-state index contributed by atoms with van der Waals surface area (Å²) < 4.78 is 11.4. The first-order chi connectivity index (χ1) is 13.6. The van der Waals surface area contributed by atoms with Gasteiger partial charge in [0, 0.05) is 10.1 Å². The fourth-order valence-electron chi connectivity index (χ4n) is 2.71. The van der Waals surface area contributed by atoms with E-state index < -0.39 is 5.91 Å². The van der Waals surface area contributed by atoms with Crippen molar-refractivity contribution in [2.45, 2.75) is 0 Å². The number of fused-ring (bicyclic) bond motifs is 2. The average Bonchev–Trinajstić information content (AvgIpc) is 3.05. The van der Waals surface area contributed by atoms with Crippen molar-refractivity contribution in [2.75, 3.05) is 7.11 Å². The third-order valence-electron chi connectivity index (χ3n) is 4.12. The predicted molar refractivity (Wildman–Crippen MR) is 111 cm³/mol. The van der Waals surface area contributed by atoms with Gasteiger partial charge < -0.3 is 9.15 Å². The maximum absolute atomic E-state index is 12.4. The van der Waals surface area contributed by atoms with Crippen molar-refractivity contribution in [1.82, 2.24) is 5.43 Å². The molecular formula is C20H13ClN2O4S. The quantitative estimate of drug-likeness (QED) is 0.397. The van der Waals surface area contributed by atoms with Crippen molar-refractivity contribution >= 4 is 56.1 Å². The zero-order chi connectivity index (χ0) is 19.7. The minimum absolute atomic E-state index is 0.228. The van der Waals surface area contributed by atoms with Crippen LogP contribution in [-0.2, 0) is 0 Å². The number of nitrogens with one attached hydrogen (secondary N) is 1. The summed E-state index contributed by atoms with van der Waals surface area (Å²) in [6.45, 7) is 0. The number of carbonyl (C=O) groups is 1. The number of methoxy groups -OCH3 is 1. The highest BCUT2D eigenvalue weighted by atomic mass is 35.5. The Hall–Kier alpha value is -3.16. The summed E-state index contributed by atoms with van der Waals surface area (Å²) in [5.74, 6) is 0.213. The van der Waals surface area contributed by atoms with Crippen LogP contribution >= 0.6 is 22.9 Å². The molecule has 8 heteroatoms. The van der Waals surface area contributed by atoms with Crippen LogP contribution in [-0.4, -0.2) is 19.2 Å². The number of nitrogens with zero attached hydrogens (tertiary/aromatic N) is 1. The lowest BCUT2D eigenvalue weighted by Crippen LogP contribution is -2.17. The van der Waals surface area contributed by atoms with Crippen LogP contribution in [0.3, 0.4) is 0 Å². The lowest BCUT2D eigenvalue weighted by molar-refractivity contribution is 0.0959. The van der Waals surface area contributed by atoms with E-state index in [1.807, 2.05) is 6.07 Å². The lowest BCUT2D eigenvalue weighted by Gasteiger charge is -1.99. The highest BCUT2D eigenvalue weighted by Gasteiger charge is 2.17. The first kappa shape index (κ1) is 18.2. The van der Waals surface area contributed by atoms with E-state index in [9.17, 15) is 9.59 Å². The molecule has 1 amide bonds. The number of carbonyl (C=O) groups excluding carboxylic acids is 1. The zero-order valence-corrected chi connectivity index (χ0v) is 16.1. The normalized spacial score (nSPS) is 11.4. The van der Waals surface area contributed by atoms with Gasteiger partial charge >= 0.3 is 0 Å². The van der Waals surface area contributed by atoms with E-state index in [2.05, 4.69) is 10.5 Å². The molecular weight excluding hydrogens is 400 g/mol. The molecule has 0 spiro atoms. The summed E-state index contributed by atoms with van der Waals surface area (Å²) in [4.78, 5) is 25.2. The van der Waals surface area contributed by atoms with E-state index >= 15 is 0 Å². The Bertz CT molecular complexity index is 1290. The number of benzene rings is 2. The molecule has 0 aliphatic rings. The smallest absolute Gasteiger partial charge is 0.283 e. The molecule has 0 aliphatic heterocycles. The van der Waals surface area contributed by atoms with Gasteiger partial charge in [0.1, 0.15) is 22.5 Å². The average molecular weight is 413 g/mol. The maximum atomic E-state index is 12.4. The monoisotopic (exact) mass is 412 g/mol. The fourth-order valence-corrected chi connectivity index (χ4v) is 4.15. The third kappa shape index (κ3) is 3.26. The van der Waals surface area contributed by atoms with E-state index in [1.54, 1.807) is 43.5 Å². The van der Waals surface area contributed by atoms with E-state index in [0.29, 0.717) is 26.6 Å². The number of hydrazone groups is 1. The summed E-state index contributed by atoms with van der Waals surface area (Å²) in [6, 6.07) is 12.3. The molecule has 2 aromatic heterocycles. The molecule has 0 radical (unpaired) electrons. The summed E-state index contributed by atoms with van der Waals surface area (Å²) in [5.41, 5.74) is 2.88. The third-order valence-corrected chi connectivity index (χ3v) is 5.78. The number of thiophene rings is 1. The molecule has 0 aliphatic carbocycles. The van der Waals surface area contributed by atoms with Crippen LogP contribution < -0.4 is 15.6 Å². The van der Waals surface area contributed by atoms with Crippen LogP contribution in [0.15, 0.2) is 63.0 Å². The second-order valence-corrected chi connectivity index (χ2v) is 7.25. The first-order valence-electron chi connectivity index (χ1n) is 8.18. The summed E-state index contributed by atoms with van der Waals surface area (Å²) in [7, 11) is 1.57. The minimum atomic E-state index is -0.466. The topological polar surface area (TPSA) is 80.9 Å². The van der Waals surface area contributed by atoms with Crippen LogP contribution in [0.5, 0.6) is 5.75 Å². The van der Waals surface area contributed by atoms with E-state index in [1.165, 1.54) is 23.8 Å². The van der Waals surface area contributed by atoms with Gasteiger partial charge in [0.05, 0.1) is 29.3 Å². The van der Waals surface area contributed by atoms with Crippen molar-refractivity contribution in [3.05, 3.63) is 74.4 Å². The summed E-state index contributed by atoms with van der Waals surface area (Å²) >= 11 is 7.56. The molecule has 0 saturated carbocycles. The van der Waals surface area contributed by atoms with Gasteiger partial charge in [-0.1, -0.05) is 23.7 Å². The molecule has 4 rings (SSSR count). The second kappa shape index (κ2) is 7.46. The van der Waals surface area contributed by atoms with Crippen molar-refractivity contribution in [1.29, 1.82) is 0 Å². The molecule has 0 saturated heterocycles. The minimum Gasteiger partial charge on any atom is -0.497 e. The number of para-hydroxylation sites is 1. The summed E-state index contributed by atoms with van der Waals surface area (Å²) in [5, 5.41) is 5.42. The predicted octanol–water partition coefficient (Wildman–Crippen LogP) is 4.43. The van der Waals surface area contributed by atoms with Gasteiger partial charge in [-0.25, -0.2) is 5.43 Å². The van der Waals surface area contributed by atoms with E-state index in [0.717, 1.165) is 10.1 Å². The van der Waals surface area contributed by atoms with Crippen molar-refractivity contribution in [2.24, 2.45) is 5.10 Å². The van der Waals surface area contributed by atoms with Gasteiger partial charge in [0.15, 0.2) is 0 Å². The molecule has 0 fully saturated rings. The Morgan fingerprint density at radius 2 is 2.07 bits per heavy atom. The van der Waals surface area contributed by atoms with Crippen LogP contribution in [0.25, 0.3) is 21.1 Å². The van der Waals surface area contributed by atoms with Crippen molar-refractivity contribution < 1.29 is 13.9 Å². The number of ether oxygens (including phenoxy) is 1. The first-order valence-corrected chi connectivity index (χ1v) is 9.38. The maximum Gasteiger partial charge on any atom is 0.283 e. The van der Waals surface area contributed by atoms with Crippen LogP contribution in [0.4, 0.5) is 0 Å². The van der Waals surface area contributed by atoms with Gasteiger partial charge in [-0.3, -0.25) is 9.59 Å². The molecule has 6 nitrogen and oxygen atoms in total. The van der Waals surface area contributed by atoms with Crippen LogP contribution in [0.2, 0.25) is 5.02 Å². The molecule has 140 valence electrons. The highest BCUT2D eigenvalue weighted by Crippen LogP contribution is 2.37. The Morgan fingerprint density at radius 3 is 2.89 bits per heavy atom. The number of hydrogen-bond donors (Lipinski definition) is 1.